The van der Waals surface area contributed by atoms with Crippen LogP contribution < -0.4 is 5.56 Å². The molecule has 0 saturated carbocycles. The minimum absolute atomic E-state index is 0.100. The number of allylic oxidation sites excluding steroid dienone is 1. The molecule has 0 unspecified atom stereocenters. The lowest BCUT2D eigenvalue weighted by Gasteiger charge is -2.11. The predicted octanol–water partition coefficient (Wildman–Crippen LogP) is 4.86. The van der Waals surface area contributed by atoms with E-state index in [0.29, 0.717) is 38.2 Å². The highest BCUT2D eigenvalue weighted by Gasteiger charge is 2.15. The molecule has 0 spiro atoms. The third-order valence-corrected chi connectivity index (χ3v) is 5.23. The molecule has 0 fully saturated rings. The Morgan fingerprint density at radius 3 is 2.73 bits per heavy atom. The smallest absolute Gasteiger partial charge is 0.262 e. The fourth-order valence-corrected chi connectivity index (χ4v) is 3.88. The molecule has 1 heterocycles. The highest BCUT2D eigenvalue weighted by atomic mass is 35.5. The number of rotatable bonds is 6. The summed E-state index contributed by atoms with van der Waals surface area (Å²) in [6.07, 6.45) is 1.62. The van der Waals surface area contributed by atoms with E-state index in [9.17, 15) is 9.59 Å². The number of thioether (sulfide) groups is 1. The number of carbonyl (C=O) groups is 1. The van der Waals surface area contributed by atoms with Gasteiger partial charge >= 0.3 is 0 Å². The molecule has 0 aliphatic rings. The molecule has 2 aromatic carbocycles. The molecule has 1 aromatic heterocycles. The zero-order valence-electron chi connectivity index (χ0n) is 13.6. The predicted molar refractivity (Wildman–Crippen MR) is 108 cm³/mol. The number of hydrogen-bond acceptors (Lipinski definition) is 4. The summed E-state index contributed by atoms with van der Waals surface area (Å²) in [6.45, 7) is 4.00. The lowest BCUT2D eigenvalue weighted by Crippen LogP contribution is -2.23. The van der Waals surface area contributed by atoms with Crippen LogP contribution in [0.5, 0.6) is 0 Å². The molecule has 26 heavy (non-hydrogen) atoms. The van der Waals surface area contributed by atoms with E-state index in [1.807, 2.05) is 6.07 Å². The molecule has 0 saturated heterocycles. The van der Waals surface area contributed by atoms with Gasteiger partial charge in [-0.15, -0.1) is 6.58 Å². The topological polar surface area (TPSA) is 52.0 Å². The van der Waals surface area contributed by atoms with Crippen LogP contribution in [0.2, 0.25) is 10.0 Å². The van der Waals surface area contributed by atoms with Gasteiger partial charge in [0, 0.05) is 17.1 Å². The summed E-state index contributed by atoms with van der Waals surface area (Å²) in [4.78, 5) is 29.7. The Balaban J connectivity index is 1.92. The molecule has 0 amide bonds. The minimum atomic E-state index is -0.163. The third kappa shape index (κ3) is 3.85. The van der Waals surface area contributed by atoms with E-state index >= 15 is 0 Å². The second-order valence-corrected chi connectivity index (χ2v) is 7.24. The minimum Gasteiger partial charge on any atom is -0.293 e. The van der Waals surface area contributed by atoms with Crippen molar-refractivity contribution in [3.63, 3.8) is 0 Å². The lowest BCUT2D eigenvalue weighted by molar-refractivity contribution is 0.102. The number of para-hydroxylation sites is 1. The molecule has 0 radical (unpaired) electrons. The van der Waals surface area contributed by atoms with Crippen molar-refractivity contribution in [1.29, 1.82) is 0 Å². The molecular weight excluding hydrogens is 391 g/mol. The van der Waals surface area contributed by atoms with Crippen LogP contribution in [0.1, 0.15) is 10.4 Å². The van der Waals surface area contributed by atoms with E-state index in [-0.39, 0.29) is 17.1 Å². The molecule has 4 nitrogen and oxygen atoms in total. The normalized spacial score (nSPS) is 10.8. The fraction of sp³-hybridized carbons (Fsp3) is 0.105. The van der Waals surface area contributed by atoms with E-state index < -0.39 is 0 Å². The van der Waals surface area contributed by atoms with E-state index in [1.54, 1.807) is 36.4 Å². The highest BCUT2D eigenvalue weighted by Crippen LogP contribution is 2.24. The number of carbonyl (C=O) groups excluding carboxylic acids is 1. The first-order valence-corrected chi connectivity index (χ1v) is 9.47. The van der Waals surface area contributed by atoms with Gasteiger partial charge in [0.1, 0.15) is 0 Å². The summed E-state index contributed by atoms with van der Waals surface area (Å²) in [5, 5.41) is 1.77. The second kappa shape index (κ2) is 8.08. The standard InChI is InChI=1S/C19H14Cl2N2O2S/c1-2-9-23-18(25)14-5-3-4-6-16(14)22-19(23)26-11-17(24)13-8-7-12(20)10-15(13)21/h2-8,10H,1,9,11H2. The number of ketones is 1. The molecule has 0 bridgehead atoms. The van der Waals surface area contributed by atoms with Gasteiger partial charge in [0.15, 0.2) is 10.9 Å². The maximum atomic E-state index is 12.7. The average Bonchev–Trinajstić information content (AvgIpc) is 2.62. The first kappa shape index (κ1) is 18.7. The molecule has 0 aliphatic heterocycles. The van der Waals surface area contributed by atoms with Crippen LogP contribution in [0.4, 0.5) is 0 Å². The van der Waals surface area contributed by atoms with Crippen LogP contribution in [0, 0.1) is 0 Å². The number of benzene rings is 2. The third-order valence-electron chi connectivity index (χ3n) is 3.70. The molecular formula is C19H14Cl2N2O2S. The molecule has 0 N–H and O–H groups in total. The Hall–Kier alpha value is -2.08. The van der Waals surface area contributed by atoms with Crippen LogP contribution in [-0.4, -0.2) is 21.1 Å². The fourth-order valence-electron chi connectivity index (χ4n) is 2.47. The average molecular weight is 405 g/mol. The number of Topliss-reactive ketones (excluding diaryl/α,β-unsaturated/α-hetero) is 1. The van der Waals surface area contributed by atoms with Gasteiger partial charge < -0.3 is 0 Å². The summed E-state index contributed by atoms with van der Waals surface area (Å²) in [5.41, 5.74) is 0.828. The quantitative estimate of drug-likeness (QED) is 0.254. The highest BCUT2D eigenvalue weighted by molar-refractivity contribution is 7.99. The summed E-state index contributed by atoms with van der Waals surface area (Å²) in [7, 11) is 0. The molecule has 0 aliphatic carbocycles. The molecule has 7 heteroatoms. The van der Waals surface area contributed by atoms with E-state index in [4.69, 9.17) is 23.2 Å². The molecule has 3 rings (SSSR count). The van der Waals surface area contributed by atoms with Crippen LogP contribution in [0.3, 0.4) is 0 Å². The van der Waals surface area contributed by atoms with E-state index in [2.05, 4.69) is 11.6 Å². The molecule has 3 aromatic rings. The largest absolute Gasteiger partial charge is 0.293 e. The summed E-state index contributed by atoms with van der Waals surface area (Å²) >= 11 is 13.2. The summed E-state index contributed by atoms with van der Waals surface area (Å²) in [6, 6.07) is 11.9. The number of hydrogen-bond donors (Lipinski definition) is 0. The molecule has 132 valence electrons. The van der Waals surface area contributed by atoms with Gasteiger partial charge in [-0.2, -0.15) is 0 Å². The van der Waals surface area contributed by atoms with Gasteiger partial charge in [-0.3, -0.25) is 14.2 Å². The van der Waals surface area contributed by atoms with Crippen molar-refractivity contribution in [3.05, 3.63) is 81.1 Å². The first-order chi connectivity index (χ1) is 12.5. The van der Waals surface area contributed by atoms with Gasteiger partial charge in [0.2, 0.25) is 0 Å². The van der Waals surface area contributed by atoms with Crippen LogP contribution in [-0.2, 0) is 6.54 Å². The van der Waals surface area contributed by atoms with Gasteiger partial charge in [0.25, 0.3) is 5.56 Å². The summed E-state index contributed by atoms with van der Waals surface area (Å²) in [5.74, 6) is -0.0623. The Bertz CT molecular complexity index is 1060. The number of aromatic nitrogens is 2. The lowest BCUT2D eigenvalue weighted by atomic mass is 10.1. The summed E-state index contributed by atoms with van der Waals surface area (Å²) < 4.78 is 1.51. The van der Waals surface area contributed by atoms with Crippen molar-refractivity contribution in [2.45, 2.75) is 11.7 Å². The van der Waals surface area contributed by atoms with Gasteiger partial charge in [-0.05, 0) is 30.3 Å². The van der Waals surface area contributed by atoms with Crippen LogP contribution in [0.25, 0.3) is 10.9 Å². The Morgan fingerprint density at radius 2 is 2.00 bits per heavy atom. The number of fused-ring (bicyclic) bond motifs is 1. The maximum Gasteiger partial charge on any atom is 0.262 e. The zero-order chi connectivity index (χ0) is 18.7. The van der Waals surface area contributed by atoms with Crippen molar-refractivity contribution in [3.8, 4) is 0 Å². The van der Waals surface area contributed by atoms with E-state index in [0.717, 1.165) is 0 Å². The van der Waals surface area contributed by atoms with Crippen LogP contribution >= 0.6 is 35.0 Å². The number of nitrogens with zero attached hydrogens (tertiary/aromatic N) is 2. The zero-order valence-corrected chi connectivity index (χ0v) is 15.9. The van der Waals surface area contributed by atoms with Gasteiger partial charge in [0.05, 0.1) is 21.7 Å². The first-order valence-electron chi connectivity index (χ1n) is 7.73. The van der Waals surface area contributed by atoms with Crippen molar-refractivity contribution in [1.82, 2.24) is 9.55 Å². The van der Waals surface area contributed by atoms with Crippen molar-refractivity contribution in [2.75, 3.05) is 5.75 Å². The van der Waals surface area contributed by atoms with Crippen molar-refractivity contribution < 1.29 is 4.79 Å². The van der Waals surface area contributed by atoms with Crippen molar-refractivity contribution >= 4 is 51.6 Å². The monoisotopic (exact) mass is 404 g/mol. The second-order valence-electron chi connectivity index (χ2n) is 5.45. The van der Waals surface area contributed by atoms with Crippen LogP contribution in [0.15, 0.2) is 65.1 Å². The SMILES string of the molecule is C=CCn1c(SCC(=O)c2ccc(Cl)cc2Cl)nc2ccccc2c1=O. The number of halogens is 2. The van der Waals surface area contributed by atoms with Gasteiger partial charge in [-0.1, -0.05) is 53.2 Å². The van der Waals surface area contributed by atoms with Crippen molar-refractivity contribution in [2.24, 2.45) is 0 Å². The Labute approximate surface area is 164 Å². The molecule has 0 atom stereocenters. The Morgan fingerprint density at radius 1 is 1.23 bits per heavy atom. The maximum absolute atomic E-state index is 12.7. The Kier molecular flexibility index (Phi) is 5.81. The van der Waals surface area contributed by atoms with Gasteiger partial charge in [-0.25, -0.2) is 4.98 Å². The van der Waals surface area contributed by atoms with E-state index in [1.165, 1.54) is 22.4 Å².